The molecule has 3 aromatic rings. The van der Waals surface area contributed by atoms with Gasteiger partial charge in [0.15, 0.2) is 5.52 Å². The second-order valence-electron chi connectivity index (χ2n) is 7.95. The minimum Gasteiger partial charge on any atom is -0.278 e. The normalized spacial score (nSPS) is 16.8. The molecule has 8 nitrogen and oxygen atoms in total. The van der Waals surface area contributed by atoms with E-state index >= 15 is 0 Å². The Morgan fingerprint density at radius 3 is 2.47 bits per heavy atom. The largest absolute Gasteiger partial charge is 0.300 e. The monoisotopic (exact) mass is 410 g/mol. The molecular weight excluding hydrogens is 391 g/mol. The molecule has 30 heavy (non-hydrogen) atoms. The van der Waals surface area contributed by atoms with E-state index in [9.17, 15) is 19.3 Å². The van der Waals surface area contributed by atoms with Crippen LogP contribution in [0.3, 0.4) is 0 Å². The summed E-state index contributed by atoms with van der Waals surface area (Å²) in [5.41, 5.74) is 1.60. The molecule has 5 rings (SSSR count). The summed E-state index contributed by atoms with van der Waals surface area (Å²) < 4.78 is 18.8. The molecule has 2 aliphatic rings. The van der Waals surface area contributed by atoms with Crippen LogP contribution in [0.2, 0.25) is 0 Å². The predicted octanol–water partition coefficient (Wildman–Crippen LogP) is 5.00. The number of aromatic nitrogens is 2. The first-order valence-electron chi connectivity index (χ1n) is 10.1. The topological polar surface area (TPSA) is 102 Å². The summed E-state index contributed by atoms with van der Waals surface area (Å²) >= 11 is 0. The molecule has 2 fully saturated rings. The van der Waals surface area contributed by atoms with Gasteiger partial charge in [0.25, 0.3) is 0 Å². The zero-order valence-corrected chi connectivity index (χ0v) is 16.1. The van der Waals surface area contributed by atoms with E-state index in [2.05, 4.69) is 10.3 Å². The molecule has 9 heteroatoms. The summed E-state index contributed by atoms with van der Waals surface area (Å²) in [4.78, 5) is 26.0. The highest BCUT2D eigenvalue weighted by Gasteiger charge is 2.36. The maximum Gasteiger partial charge on any atom is 0.300 e. The number of nitro groups is 1. The SMILES string of the molecule is O=C(C1CCCC1)N(c1ccc(F)cc1C1CC1)c1ccc([N+](=O)[O-])c2nonc12. The van der Waals surface area contributed by atoms with Crippen molar-refractivity contribution in [2.45, 2.75) is 44.4 Å². The Bertz CT molecular complexity index is 1150. The van der Waals surface area contributed by atoms with Crippen molar-refractivity contribution < 1.29 is 18.7 Å². The minimum absolute atomic E-state index is 0.0168. The van der Waals surface area contributed by atoms with Crippen LogP contribution in [0.25, 0.3) is 11.0 Å². The van der Waals surface area contributed by atoms with Crippen molar-refractivity contribution in [2.75, 3.05) is 4.90 Å². The van der Waals surface area contributed by atoms with Gasteiger partial charge < -0.3 is 0 Å². The lowest BCUT2D eigenvalue weighted by Crippen LogP contribution is -2.32. The predicted molar refractivity (Wildman–Crippen MR) is 106 cm³/mol. The highest BCUT2D eigenvalue weighted by atomic mass is 19.1. The molecule has 0 unspecified atom stereocenters. The number of nitrogens with zero attached hydrogens (tertiary/aromatic N) is 4. The number of nitro benzene ring substituents is 1. The summed E-state index contributed by atoms with van der Waals surface area (Å²) in [5, 5.41) is 18.9. The number of fused-ring (bicyclic) bond motifs is 1. The molecule has 0 N–H and O–H groups in total. The van der Waals surface area contributed by atoms with Gasteiger partial charge in [-0.15, -0.1) is 0 Å². The number of carbonyl (C=O) groups excluding carboxylic acids is 1. The maximum atomic E-state index is 14.0. The minimum atomic E-state index is -0.563. The first-order chi connectivity index (χ1) is 14.5. The second-order valence-corrected chi connectivity index (χ2v) is 7.95. The summed E-state index contributed by atoms with van der Waals surface area (Å²) in [6.07, 6.45) is 5.38. The van der Waals surface area contributed by atoms with Crippen molar-refractivity contribution in [1.29, 1.82) is 0 Å². The van der Waals surface area contributed by atoms with E-state index in [0.29, 0.717) is 11.4 Å². The average molecular weight is 410 g/mol. The summed E-state index contributed by atoms with van der Waals surface area (Å²) in [7, 11) is 0. The lowest BCUT2D eigenvalue weighted by atomic mass is 10.0. The number of hydrogen-bond donors (Lipinski definition) is 0. The summed E-state index contributed by atoms with van der Waals surface area (Å²) in [6, 6.07) is 7.22. The molecule has 1 heterocycles. The zero-order chi connectivity index (χ0) is 20.8. The quantitative estimate of drug-likeness (QED) is 0.433. The van der Waals surface area contributed by atoms with Gasteiger partial charge in [-0.3, -0.25) is 19.8 Å². The van der Waals surface area contributed by atoms with Crippen LogP contribution in [-0.2, 0) is 4.79 Å². The zero-order valence-electron chi connectivity index (χ0n) is 16.1. The maximum absolute atomic E-state index is 14.0. The fourth-order valence-electron chi connectivity index (χ4n) is 4.34. The first kappa shape index (κ1) is 18.7. The summed E-state index contributed by atoms with van der Waals surface area (Å²) in [6.45, 7) is 0. The molecule has 2 aromatic carbocycles. The smallest absolute Gasteiger partial charge is 0.278 e. The van der Waals surface area contributed by atoms with Crippen LogP contribution >= 0.6 is 0 Å². The Morgan fingerprint density at radius 1 is 1.07 bits per heavy atom. The van der Waals surface area contributed by atoms with Crippen LogP contribution in [0.1, 0.15) is 50.0 Å². The third-order valence-corrected chi connectivity index (χ3v) is 5.98. The first-order valence-corrected chi connectivity index (χ1v) is 10.1. The third-order valence-electron chi connectivity index (χ3n) is 5.98. The van der Waals surface area contributed by atoms with E-state index in [1.165, 1.54) is 24.3 Å². The van der Waals surface area contributed by atoms with Gasteiger partial charge in [-0.1, -0.05) is 12.8 Å². The molecule has 1 aromatic heterocycles. The Morgan fingerprint density at radius 2 is 1.77 bits per heavy atom. The molecule has 0 bridgehead atoms. The molecule has 0 spiro atoms. The summed E-state index contributed by atoms with van der Waals surface area (Å²) in [5.74, 6) is -0.434. The number of rotatable bonds is 5. The van der Waals surface area contributed by atoms with Crippen molar-refractivity contribution >= 4 is 34.0 Å². The van der Waals surface area contributed by atoms with Crippen molar-refractivity contribution in [3.63, 3.8) is 0 Å². The van der Waals surface area contributed by atoms with Crippen molar-refractivity contribution in [1.82, 2.24) is 10.3 Å². The Balaban J connectivity index is 1.71. The fourth-order valence-corrected chi connectivity index (χ4v) is 4.34. The number of carbonyl (C=O) groups is 1. The van der Waals surface area contributed by atoms with Crippen LogP contribution in [0.15, 0.2) is 35.0 Å². The van der Waals surface area contributed by atoms with Gasteiger partial charge in [0.1, 0.15) is 5.82 Å². The van der Waals surface area contributed by atoms with Gasteiger partial charge in [-0.2, -0.15) is 0 Å². The molecule has 154 valence electrons. The third kappa shape index (κ3) is 3.10. The van der Waals surface area contributed by atoms with Crippen LogP contribution in [0, 0.1) is 21.8 Å². The van der Waals surface area contributed by atoms with Gasteiger partial charge >= 0.3 is 5.69 Å². The molecule has 2 aliphatic carbocycles. The Hall–Kier alpha value is -3.36. The number of amides is 1. The van der Waals surface area contributed by atoms with E-state index in [-0.39, 0.29) is 40.3 Å². The van der Waals surface area contributed by atoms with Gasteiger partial charge in [0.05, 0.1) is 16.3 Å². The molecule has 2 saturated carbocycles. The van der Waals surface area contributed by atoms with Crippen LogP contribution < -0.4 is 4.90 Å². The second kappa shape index (κ2) is 7.16. The van der Waals surface area contributed by atoms with Crippen LogP contribution in [-0.4, -0.2) is 21.1 Å². The number of hydrogen-bond acceptors (Lipinski definition) is 6. The average Bonchev–Trinajstić information content (AvgIpc) is 3.22. The number of benzene rings is 2. The molecule has 0 saturated heterocycles. The van der Waals surface area contributed by atoms with E-state index in [1.807, 2.05) is 0 Å². The molecule has 0 radical (unpaired) electrons. The van der Waals surface area contributed by atoms with Crippen LogP contribution in [0.4, 0.5) is 21.5 Å². The lowest BCUT2D eigenvalue weighted by molar-refractivity contribution is -0.383. The standard InChI is InChI=1S/C21H19FN4O4/c22-14-7-8-16(15(11-14)12-5-6-12)25(21(27)13-3-1-2-4-13)17-9-10-18(26(28)29)20-19(17)23-30-24-20/h7-13H,1-6H2. The highest BCUT2D eigenvalue weighted by molar-refractivity contribution is 6.09. The van der Waals surface area contributed by atoms with E-state index in [0.717, 1.165) is 44.1 Å². The van der Waals surface area contributed by atoms with E-state index in [4.69, 9.17) is 4.63 Å². The van der Waals surface area contributed by atoms with Gasteiger partial charge in [0, 0.05) is 12.0 Å². The van der Waals surface area contributed by atoms with Gasteiger partial charge in [0.2, 0.25) is 11.4 Å². The van der Waals surface area contributed by atoms with Crippen molar-refractivity contribution in [3.05, 3.63) is 51.8 Å². The highest BCUT2D eigenvalue weighted by Crippen LogP contribution is 2.47. The fraction of sp³-hybridized carbons (Fsp3) is 0.381. The number of anilines is 2. The van der Waals surface area contributed by atoms with E-state index in [1.54, 1.807) is 11.0 Å². The lowest BCUT2D eigenvalue weighted by Gasteiger charge is -2.28. The van der Waals surface area contributed by atoms with E-state index < -0.39 is 4.92 Å². The molecular formula is C21H19FN4O4. The Kier molecular flexibility index (Phi) is 4.45. The molecule has 1 amide bonds. The Labute approximate surface area is 170 Å². The van der Waals surface area contributed by atoms with Crippen molar-refractivity contribution in [2.24, 2.45) is 5.92 Å². The van der Waals surface area contributed by atoms with Crippen LogP contribution in [0.5, 0.6) is 0 Å². The van der Waals surface area contributed by atoms with Gasteiger partial charge in [-0.25, -0.2) is 9.02 Å². The molecule has 0 aliphatic heterocycles. The molecule has 0 atom stereocenters. The van der Waals surface area contributed by atoms with Gasteiger partial charge in [-0.05, 0) is 71.7 Å². The van der Waals surface area contributed by atoms with Crippen molar-refractivity contribution in [3.8, 4) is 0 Å². The number of halogens is 1. The number of non-ortho nitro benzene ring substituents is 1.